The second-order valence-electron chi connectivity index (χ2n) is 6.03. The molecule has 2 atom stereocenters. The molecule has 2 aliphatic rings. The highest BCUT2D eigenvalue weighted by Gasteiger charge is 2.58. The molecule has 1 aromatic rings. The fourth-order valence-electron chi connectivity index (χ4n) is 3.77. The zero-order chi connectivity index (χ0) is 14.9. The van der Waals surface area contributed by atoms with Gasteiger partial charge in [0.15, 0.2) is 11.5 Å². The van der Waals surface area contributed by atoms with E-state index in [4.69, 9.17) is 14.2 Å². The van der Waals surface area contributed by atoms with Crippen molar-refractivity contribution in [1.29, 1.82) is 0 Å². The molecular weight excluding hydrogens is 266 g/mol. The summed E-state index contributed by atoms with van der Waals surface area (Å²) in [7, 11) is 3.33. The largest absolute Gasteiger partial charge is 0.493 e. The Morgan fingerprint density at radius 2 is 1.95 bits per heavy atom. The summed E-state index contributed by atoms with van der Waals surface area (Å²) in [6, 6.07) is 6.54. The third-order valence-electron chi connectivity index (χ3n) is 5.16. The number of anilines is 1. The van der Waals surface area contributed by atoms with E-state index in [0.717, 1.165) is 30.2 Å². The molecule has 2 unspecified atom stereocenters. The minimum absolute atomic E-state index is 0.364. The first-order chi connectivity index (χ1) is 10.2. The summed E-state index contributed by atoms with van der Waals surface area (Å²) in [5, 5.41) is 3.67. The molecule has 1 N–H and O–H groups in total. The maximum Gasteiger partial charge on any atom is 0.162 e. The summed E-state index contributed by atoms with van der Waals surface area (Å²) in [6.07, 6.45) is 5.43. The average molecular weight is 291 g/mol. The molecule has 0 aliphatic heterocycles. The van der Waals surface area contributed by atoms with E-state index in [1.165, 1.54) is 19.3 Å². The first-order valence-corrected chi connectivity index (χ1v) is 7.83. The van der Waals surface area contributed by atoms with Crippen molar-refractivity contribution in [3.8, 4) is 11.5 Å². The van der Waals surface area contributed by atoms with E-state index >= 15 is 0 Å². The van der Waals surface area contributed by atoms with Gasteiger partial charge in [-0.3, -0.25) is 0 Å². The molecule has 1 spiro atoms. The maximum atomic E-state index is 5.90. The molecule has 1 aromatic carbocycles. The molecule has 4 nitrogen and oxygen atoms in total. The molecule has 0 amide bonds. The predicted octanol–water partition coefficient (Wildman–Crippen LogP) is 3.46. The number of rotatable bonds is 6. The lowest BCUT2D eigenvalue weighted by Crippen LogP contribution is -2.64. The third kappa shape index (κ3) is 2.35. The number of hydrogen-bond acceptors (Lipinski definition) is 4. The Morgan fingerprint density at radius 3 is 2.52 bits per heavy atom. The van der Waals surface area contributed by atoms with Crippen molar-refractivity contribution in [3.63, 3.8) is 0 Å². The molecule has 2 saturated carbocycles. The monoisotopic (exact) mass is 291 g/mol. The molecule has 0 saturated heterocycles. The van der Waals surface area contributed by atoms with Gasteiger partial charge in [-0.05, 0) is 38.3 Å². The summed E-state index contributed by atoms with van der Waals surface area (Å²) in [5.74, 6) is 1.54. The van der Waals surface area contributed by atoms with Gasteiger partial charge in [0.2, 0.25) is 0 Å². The van der Waals surface area contributed by atoms with E-state index < -0.39 is 0 Å². The van der Waals surface area contributed by atoms with Crippen molar-refractivity contribution in [2.24, 2.45) is 5.41 Å². The standard InChI is InChI=1S/C17H25NO3/c1-4-21-16-11-15(17(16)8-5-9-17)18-12-6-7-13(19-2)14(10-12)20-3/h6-7,10,15-16,18H,4-5,8-9,11H2,1-3H3. The van der Waals surface area contributed by atoms with Gasteiger partial charge in [0.25, 0.3) is 0 Å². The van der Waals surface area contributed by atoms with Crippen LogP contribution in [-0.2, 0) is 4.74 Å². The predicted molar refractivity (Wildman–Crippen MR) is 83.3 cm³/mol. The maximum absolute atomic E-state index is 5.90. The fraction of sp³-hybridized carbons (Fsp3) is 0.647. The Kier molecular flexibility index (Phi) is 3.98. The molecule has 0 heterocycles. The van der Waals surface area contributed by atoms with Crippen LogP contribution in [0, 0.1) is 5.41 Å². The van der Waals surface area contributed by atoms with Crippen molar-refractivity contribution in [2.45, 2.75) is 44.8 Å². The Morgan fingerprint density at radius 1 is 1.19 bits per heavy atom. The van der Waals surface area contributed by atoms with E-state index in [-0.39, 0.29) is 0 Å². The highest BCUT2D eigenvalue weighted by atomic mass is 16.5. The van der Waals surface area contributed by atoms with Crippen LogP contribution in [-0.4, -0.2) is 33.0 Å². The summed E-state index contributed by atoms with van der Waals surface area (Å²) in [5.41, 5.74) is 1.46. The van der Waals surface area contributed by atoms with Gasteiger partial charge in [-0.15, -0.1) is 0 Å². The van der Waals surface area contributed by atoms with Gasteiger partial charge in [0.1, 0.15) is 0 Å². The first-order valence-electron chi connectivity index (χ1n) is 7.83. The lowest BCUT2D eigenvalue weighted by Gasteiger charge is -2.61. The van der Waals surface area contributed by atoms with Crippen LogP contribution >= 0.6 is 0 Å². The van der Waals surface area contributed by atoms with Crippen LogP contribution in [0.15, 0.2) is 18.2 Å². The molecule has 0 bridgehead atoms. The quantitative estimate of drug-likeness (QED) is 0.871. The number of benzene rings is 1. The number of hydrogen-bond donors (Lipinski definition) is 1. The fourth-order valence-corrected chi connectivity index (χ4v) is 3.77. The Bertz CT molecular complexity index is 499. The number of methoxy groups -OCH3 is 2. The highest BCUT2D eigenvalue weighted by Crippen LogP contribution is 2.58. The van der Waals surface area contributed by atoms with Gasteiger partial charge >= 0.3 is 0 Å². The molecule has 4 heteroatoms. The minimum Gasteiger partial charge on any atom is -0.493 e. The zero-order valence-corrected chi connectivity index (χ0v) is 13.1. The molecule has 2 aliphatic carbocycles. The van der Waals surface area contributed by atoms with Gasteiger partial charge in [0.05, 0.1) is 20.3 Å². The van der Waals surface area contributed by atoms with Crippen LogP contribution in [0.5, 0.6) is 11.5 Å². The summed E-state index contributed by atoms with van der Waals surface area (Å²) in [6.45, 7) is 2.90. The minimum atomic E-state index is 0.364. The molecular formula is C17H25NO3. The van der Waals surface area contributed by atoms with Crippen LogP contribution in [0.2, 0.25) is 0 Å². The van der Waals surface area contributed by atoms with E-state index in [1.807, 2.05) is 12.1 Å². The van der Waals surface area contributed by atoms with E-state index in [9.17, 15) is 0 Å². The smallest absolute Gasteiger partial charge is 0.162 e. The summed E-state index contributed by atoms with van der Waals surface area (Å²) < 4.78 is 16.6. The van der Waals surface area contributed by atoms with Crippen LogP contribution in [0.4, 0.5) is 5.69 Å². The summed E-state index contributed by atoms with van der Waals surface area (Å²) in [4.78, 5) is 0. The van der Waals surface area contributed by atoms with Crippen molar-refractivity contribution < 1.29 is 14.2 Å². The van der Waals surface area contributed by atoms with Gasteiger partial charge in [-0.2, -0.15) is 0 Å². The summed E-state index contributed by atoms with van der Waals surface area (Å²) >= 11 is 0. The topological polar surface area (TPSA) is 39.7 Å². The van der Waals surface area contributed by atoms with Crippen molar-refractivity contribution in [3.05, 3.63) is 18.2 Å². The molecule has 2 fully saturated rings. The number of ether oxygens (including phenoxy) is 3. The second kappa shape index (κ2) is 5.76. The van der Waals surface area contributed by atoms with Crippen LogP contribution < -0.4 is 14.8 Å². The Hall–Kier alpha value is -1.42. The van der Waals surface area contributed by atoms with Gasteiger partial charge in [0, 0.05) is 29.8 Å². The Labute approximate surface area is 126 Å². The van der Waals surface area contributed by atoms with Gasteiger partial charge < -0.3 is 19.5 Å². The third-order valence-corrected chi connectivity index (χ3v) is 5.16. The number of nitrogens with one attached hydrogen (secondary N) is 1. The zero-order valence-electron chi connectivity index (χ0n) is 13.1. The van der Waals surface area contributed by atoms with Gasteiger partial charge in [-0.25, -0.2) is 0 Å². The second-order valence-corrected chi connectivity index (χ2v) is 6.03. The van der Waals surface area contributed by atoms with Gasteiger partial charge in [-0.1, -0.05) is 6.42 Å². The molecule has 3 rings (SSSR count). The van der Waals surface area contributed by atoms with E-state index in [0.29, 0.717) is 17.6 Å². The van der Waals surface area contributed by atoms with Crippen molar-refractivity contribution >= 4 is 5.69 Å². The SMILES string of the molecule is CCOC1CC(Nc2ccc(OC)c(OC)c2)C12CCC2. The normalized spacial score (nSPS) is 25.9. The first kappa shape index (κ1) is 14.5. The van der Waals surface area contributed by atoms with Crippen molar-refractivity contribution in [1.82, 2.24) is 0 Å². The molecule has 116 valence electrons. The van der Waals surface area contributed by atoms with E-state index in [2.05, 4.69) is 18.3 Å². The van der Waals surface area contributed by atoms with Crippen LogP contribution in [0.25, 0.3) is 0 Å². The lowest BCUT2D eigenvalue weighted by atomic mass is 9.51. The van der Waals surface area contributed by atoms with E-state index in [1.54, 1.807) is 14.2 Å². The molecule has 21 heavy (non-hydrogen) atoms. The Balaban J connectivity index is 1.70. The molecule has 0 aromatic heterocycles. The average Bonchev–Trinajstić information content (AvgIpc) is 2.44. The highest BCUT2D eigenvalue weighted by molar-refractivity contribution is 5.56. The molecule has 0 radical (unpaired) electrons. The van der Waals surface area contributed by atoms with Crippen LogP contribution in [0.3, 0.4) is 0 Å². The van der Waals surface area contributed by atoms with Crippen LogP contribution in [0.1, 0.15) is 32.6 Å². The lowest BCUT2D eigenvalue weighted by molar-refractivity contribution is -0.157. The van der Waals surface area contributed by atoms with Crippen molar-refractivity contribution in [2.75, 3.05) is 26.1 Å².